The molecule has 0 aliphatic carbocycles. The molecule has 6 nitrogen and oxygen atoms in total. The zero-order valence-corrected chi connectivity index (χ0v) is 14.5. The maximum Gasteiger partial charge on any atom is 0.323 e. The largest absolute Gasteiger partial charge is 0.464 e. The third-order valence-electron chi connectivity index (χ3n) is 3.44. The molecule has 0 fully saturated rings. The summed E-state index contributed by atoms with van der Waals surface area (Å²) < 4.78 is 10.2. The molecule has 0 heterocycles. The van der Waals surface area contributed by atoms with E-state index in [2.05, 4.69) is 0 Å². The van der Waals surface area contributed by atoms with Crippen LogP contribution in [0, 0.1) is 17.8 Å². The maximum absolute atomic E-state index is 11.8. The van der Waals surface area contributed by atoms with Crippen molar-refractivity contribution in [3.05, 3.63) is 0 Å². The Kier molecular flexibility index (Phi) is 10.0. The third-order valence-corrected chi connectivity index (χ3v) is 3.44. The normalized spacial score (nSPS) is 16.7. The van der Waals surface area contributed by atoms with Crippen molar-refractivity contribution < 1.29 is 19.1 Å². The number of rotatable bonds is 10. The molecule has 6 heteroatoms. The van der Waals surface area contributed by atoms with Gasteiger partial charge in [0.15, 0.2) is 0 Å². The lowest BCUT2D eigenvalue weighted by atomic mass is 9.93. The van der Waals surface area contributed by atoms with Crippen molar-refractivity contribution in [2.75, 3.05) is 13.2 Å². The molecule has 0 aliphatic heterocycles. The van der Waals surface area contributed by atoms with E-state index in [1.807, 2.05) is 27.7 Å². The van der Waals surface area contributed by atoms with Crippen LogP contribution < -0.4 is 11.5 Å². The van der Waals surface area contributed by atoms with Crippen molar-refractivity contribution in [2.45, 2.75) is 59.5 Å². The highest BCUT2D eigenvalue weighted by atomic mass is 16.5. The van der Waals surface area contributed by atoms with Gasteiger partial charge in [0.25, 0.3) is 0 Å². The van der Waals surface area contributed by atoms with Crippen LogP contribution in [0.2, 0.25) is 0 Å². The van der Waals surface area contributed by atoms with Crippen LogP contribution in [0.15, 0.2) is 0 Å². The molecule has 0 saturated carbocycles. The minimum atomic E-state index is -0.613. The van der Waals surface area contributed by atoms with Gasteiger partial charge in [-0.05, 0) is 37.5 Å². The average molecular weight is 316 g/mol. The fourth-order valence-electron chi connectivity index (χ4n) is 1.74. The zero-order valence-electron chi connectivity index (χ0n) is 14.5. The van der Waals surface area contributed by atoms with Crippen LogP contribution in [0.4, 0.5) is 0 Å². The number of esters is 2. The first-order chi connectivity index (χ1) is 10.1. The Morgan fingerprint density at radius 1 is 0.864 bits per heavy atom. The van der Waals surface area contributed by atoms with Gasteiger partial charge in [-0.2, -0.15) is 0 Å². The van der Waals surface area contributed by atoms with Crippen molar-refractivity contribution in [3.8, 4) is 0 Å². The molecule has 0 bridgehead atoms. The van der Waals surface area contributed by atoms with Crippen molar-refractivity contribution in [1.82, 2.24) is 0 Å². The fraction of sp³-hybridized carbons (Fsp3) is 0.875. The van der Waals surface area contributed by atoms with Gasteiger partial charge in [-0.1, -0.05) is 27.7 Å². The summed E-state index contributed by atoms with van der Waals surface area (Å²) in [6.45, 7) is 10.2. The van der Waals surface area contributed by atoms with E-state index in [0.29, 0.717) is 19.1 Å². The van der Waals surface area contributed by atoms with Gasteiger partial charge < -0.3 is 20.9 Å². The summed E-state index contributed by atoms with van der Waals surface area (Å²) >= 11 is 0. The van der Waals surface area contributed by atoms with Gasteiger partial charge in [-0.3, -0.25) is 9.59 Å². The summed E-state index contributed by atoms with van der Waals surface area (Å²) in [6, 6.07) is -1.21. The number of carbonyl (C=O) groups excluding carboxylic acids is 2. The van der Waals surface area contributed by atoms with Crippen LogP contribution >= 0.6 is 0 Å². The van der Waals surface area contributed by atoms with Crippen molar-refractivity contribution in [2.24, 2.45) is 29.2 Å². The third kappa shape index (κ3) is 9.00. The van der Waals surface area contributed by atoms with Crippen LogP contribution in [0.5, 0.6) is 0 Å². The minimum absolute atomic E-state index is 0.0197. The fourth-order valence-corrected chi connectivity index (χ4v) is 1.74. The highest BCUT2D eigenvalue weighted by Gasteiger charge is 2.23. The number of hydrogen-bond donors (Lipinski definition) is 2. The van der Waals surface area contributed by atoms with Crippen LogP contribution in [-0.2, 0) is 19.1 Å². The van der Waals surface area contributed by atoms with Gasteiger partial charge in [0.05, 0.1) is 13.2 Å². The molecule has 0 spiro atoms. The lowest BCUT2D eigenvalue weighted by Crippen LogP contribution is -2.39. The first kappa shape index (κ1) is 20.9. The maximum atomic E-state index is 11.8. The predicted octanol–water partition coefficient (Wildman–Crippen LogP) is 1.46. The van der Waals surface area contributed by atoms with Crippen LogP contribution in [0.1, 0.15) is 47.5 Å². The number of carbonyl (C=O) groups is 2. The molecule has 0 aliphatic rings. The standard InChI is InChI=1S/C16H32N2O4/c1-10(2)8-21-16(20)14(18)12(4)7-6-11(3)9-22-15(19)13(5)17/h10-14H,6-9,17-18H2,1-5H3/t11?,12?,13-,14-/m0/s1. The van der Waals surface area contributed by atoms with Gasteiger partial charge in [-0.15, -0.1) is 0 Å². The van der Waals surface area contributed by atoms with E-state index in [1.165, 1.54) is 0 Å². The highest BCUT2D eigenvalue weighted by molar-refractivity contribution is 5.75. The SMILES string of the molecule is CC(C)COC(=O)[C@@H](N)C(C)CCC(C)COC(=O)[C@H](C)N. The minimum Gasteiger partial charge on any atom is -0.464 e. The molecular weight excluding hydrogens is 284 g/mol. The van der Waals surface area contributed by atoms with Crippen molar-refractivity contribution >= 4 is 11.9 Å². The topological polar surface area (TPSA) is 105 Å². The Bertz CT molecular complexity index is 345. The van der Waals surface area contributed by atoms with Gasteiger partial charge in [-0.25, -0.2) is 0 Å². The van der Waals surface area contributed by atoms with Crippen LogP contribution in [0.25, 0.3) is 0 Å². The summed E-state index contributed by atoms with van der Waals surface area (Å²) in [6.07, 6.45) is 1.59. The molecule has 0 aromatic rings. The van der Waals surface area contributed by atoms with E-state index in [1.54, 1.807) is 6.92 Å². The van der Waals surface area contributed by atoms with Crippen LogP contribution in [-0.4, -0.2) is 37.2 Å². The van der Waals surface area contributed by atoms with Crippen molar-refractivity contribution in [3.63, 3.8) is 0 Å². The van der Waals surface area contributed by atoms with Gasteiger partial charge in [0, 0.05) is 0 Å². The summed E-state index contributed by atoms with van der Waals surface area (Å²) in [5.74, 6) is -0.229. The number of ether oxygens (including phenoxy) is 2. The molecule has 0 radical (unpaired) electrons. The number of hydrogen-bond acceptors (Lipinski definition) is 6. The summed E-state index contributed by atoms with van der Waals surface area (Å²) in [5, 5.41) is 0. The molecule has 22 heavy (non-hydrogen) atoms. The molecule has 130 valence electrons. The van der Waals surface area contributed by atoms with E-state index in [4.69, 9.17) is 20.9 Å². The Morgan fingerprint density at radius 3 is 1.91 bits per heavy atom. The number of nitrogens with two attached hydrogens (primary N) is 2. The molecular formula is C16H32N2O4. The Labute approximate surface area is 133 Å². The average Bonchev–Trinajstić information content (AvgIpc) is 2.46. The lowest BCUT2D eigenvalue weighted by molar-refractivity contribution is -0.147. The molecule has 0 aromatic carbocycles. The second-order valence-electron chi connectivity index (χ2n) is 6.63. The first-order valence-corrected chi connectivity index (χ1v) is 7.99. The Hall–Kier alpha value is -1.14. The highest BCUT2D eigenvalue weighted by Crippen LogP contribution is 2.16. The molecule has 2 unspecified atom stereocenters. The van der Waals surface area contributed by atoms with E-state index >= 15 is 0 Å². The summed E-state index contributed by atoms with van der Waals surface area (Å²) in [5.41, 5.74) is 11.3. The second-order valence-corrected chi connectivity index (χ2v) is 6.63. The van der Waals surface area contributed by atoms with Gasteiger partial charge >= 0.3 is 11.9 Å². The second kappa shape index (κ2) is 10.6. The summed E-state index contributed by atoms with van der Waals surface area (Å²) in [7, 11) is 0. The molecule has 0 amide bonds. The van der Waals surface area contributed by atoms with Gasteiger partial charge in [0.2, 0.25) is 0 Å². The Balaban J connectivity index is 4.02. The molecule has 4 atom stereocenters. The van der Waals surface area contributed by atoms with E-state index in [0.717, 1.165) is 12.8 Å². The molecule has 0 rings (SSSR count). The molecule has 0 saturated heterocycles. The van der Waals surface area contributed by atoms with Gasteiger partial charge in [0.1, 0.15) is 12.1 Å². The van der Waals surface area contributed by atoms with Crippen LogP contribution in [0.3, 0.4) is 0 Å². The van der Waals surface area contributed by atoms with Crippen molar-refractivity contribution in [1.29, 1.82) is 0 Å². The smallest absolute Gasteiger partial charge is 0.323 e. The Morgan fingerprint density at radius 2 is 1.41 bits per heavy atom. The monoisotopic (exact) mass is 316 g/mol. The lowest BCUT2D eigenvalue weighted by Gasteiger charge is -2.21. The summed E-state index contributed by atoms with van der Waals surface area (Å²) in [4.78, 5) is 23.1. The molecule has 0 aromatic heterocycles. The van der Waals surface area contributed by atoms with E-state index < -0.39 is 18.1 Å². The molecule has 4 N–H and O–H groups in total. The quantitative estimate of drug-likeness (QED) is 0.591. The zero-order chi connectivity index (χ0) is 17.3. The predicted molar refractivity (Wildman–Crippen MR) is 85.9 cm³/mol. The van der Waals surface area contributed by atoms with E-state index in [9.17, 15) is 9.59 Å². The first-order valence-electron chi connectivity index (χ1n) is 7.99. The van der Waals surface area contributed by atoms with E-state index in [-0.39, 0.29) is 17.8 Å².